The Bertz CT molecular complexity index is 483. The summed E-state index contributed by atoms with van der Waals surface area (Å²) in [4.78, 5) is 7.06. The maximum atomic E-state index is 6.07. The Kier molecular flexibility index (Phi) is 3.53. The molecule has 4 nitrogen and oxygen atoms in total. The number of pyridine rings is 1. The van der Waals surface area contributed by atoms with Gasteiger partial charge in [-0.25, -0.2) is 4.98 Å². The van der Waals surface area contributed by atoms with Crippen LogP contribution in [-0.4, -0.2) is 34.3 Å². The van der Waals surface area contributed by atoms with Crippen LogP contribution in [0.3, 0.4) is 0 Å². The van der Waals surface area contributed by atoms with Gasteiger partial charge in [0.05, 0.1) is 11.2 Å². The van der Waals surface area contributed by atoms with Gasteiger partial charge in [0, 0.05) is 24.8 Å². The molecule has 0 saturated carbocycles. The summed E-state index contributed by atoms with van der Waals surface area (Å²) in [6.45, 7) is 9.97. The molecular weight excluding hydrogens is 258 g/mol. The van der Waals surface area contributed by atoms with E-state index in [-0.39, 0.29) is 11.2 Å². The number of ether oxygens (including phenoxy) is 1. The second kappa shape index (κ2) is 4.72. The second-order valence-electron chi connectivity index (χ2n) is 6.24. The fourth-order valence-electron chi connectivity index (χ4n) is 2.69. The molecule has 1 fully saturated rings. The van der Waals surface area contributed by atoms with Gasteiger partial charge in [-0.05, 0) is 39.8 Å². The predicted molar refractivity (Wildman–Crippen MR) is 81.6 cm³/mol. The van der Waals surface area contributed by atoms with Crippen LogP contribution in [0, 0.1) is 0 Å². The molecule has 19 heavy (non-hydrogen) atoms. The Morgan fingerprint density at radius 2 is 1.89 bits per heavy atom. The molecule has 1 aliphatic heterocycles. The van der Waals surface area contributed by atoms with Crippen molar-refractivity contribution in [1.29, 1.82) is 0 Å². The van der Waals surface area contributed by atoms with E-state index in [0.717, 1.165) is 24.5 Å². The first kappa shape index (κ1) is 14.2. The van der Waals surface area contributed by atoms with Crippen molar-refractivity contribution in [3.8, 4) is 0 Å². The predicted octanol–water partition coefficient (Wildman–Crippen LogP) is 2.11. The molecule has 1 saturated heterocycles. The highest BCUT2D eigenvalue weighted by atomic mass is 32.1. The van der Waals surface area contributed by atoms with Crippen LogP contribution in [0.4, 0.5) is 5.82 Å². The summed E-state index contributed by atoms with van der Waals surface area (Å²) < 4.78 is 6.07. The Balaban J connectivity index is 2.30. The molecule has 0 bridgehead atoms. The summed E-state index contributed by atoms with van der Waals surface area (Å²) >= 11 is 5.02. The molecule has 0 radical (unpaired) electrons. The van der Waals surface area contributed by atoms with Crippen molar-refractivity contribution in [3.63, 3.8) is 0 Å². The SMILES string of the molecule is CC1(C)CN(c2cc(C(N)=S)ccn2)CC(C)(C)O1. The van der Waals surface area contributed by atoms with E-state index in [0.29, 0.717) is 4.99 Å². The molecular formula is C14H21N3OS. The van der Waals surface area contributed by atoms with Crippen molar-refractivity contribution in [1.82, 2.24) is 4.98 Å². The van der Waals surface area contributed by atoms with Gasteiger partial charge < -0.3 is 15.4 Å². The number of hydrogen-bond acceptors (Lipinski definition) is 4. The minimum Gasteiger partial charge on any atom is -0.389 e. The van der Waals surface area contributed by atoms with E-state index in [1.165, 1.54) is 0 Å². The lowest BCUT2D eigenvalue weighted by Gasteiger charge is -2.47. The smallest absolute Gasteiger partial charge is 0.129 e. The van der Waals surface area contributed by atoms with Crippen LogP contribution in [0.5, 0.6) is 0 Å². The van der Waals surface area contributed by atoms with Crippen LogP contribution in [0.15, 0.2) is 18.3 Å². The lowest BCUT2D eigenvalue weighted by atomic mass is 9.99. The molecule has 0 aromatic carbocycles. The molecule has 0 unspecified atom stereocenters. The van der Waals surface area contributed by atoms with Crippen LogP contribution >= 0.6 is 12.2 Å². The van der Waals surface area contributed by atoms with Gasteiger partial charge in [-0.1, -0.05) is 12.2 Å². The Morgan fingerprint density at radius 1 is 1.32 bits per heavy atom. The van der Waals surface area contributed by atoms with Crippen LogP contribution in [0.25, 0.3) is 0 Å². The van der Waals surface area contributed by atoms with E-state index in [1.807, 2.05) is 12.1 Å². The zero-order valence-electron chi connectivity index (χ0n) is 11.9. The van der Waals surface area contributed by atoms with Crippen molar-refractivity contribution in [2.45, 2.75) is 38.9 Å². The normalized spacial score (nSPS) is 21.2. The Hall–Kier alpha value is -1.20. The molecule has 1 aromatic rings. The van der Waals surface area contributed by atoms with Gasteiger partial charge in [0.1, 0.15) is 10.8 Å². The second-order valence-corrected chi connectivity index (χ2v) is 6.68. The van der Waals surface area contributed by atoms with Gasteiger partial charge in [-0.15, -0.1) is 0 Å². The highest BCUT2D eigenvalue weighted by Gasteiger charge is 2.38. The van der Waals surface area contributed by atoms with E-state index in [4.69, 9.17) is 22.7 Å². The minimum absolute atomic E-state index is 0.206. The third-order valence-corrected chi connectivity index (χ3v) is 3.29. The molecule has 0 aliphatic carbocycles. The van der Waals surface area contributed by atoms with Crippen molar-refractivity contribution in [2.24, 2.45) is 5.73 Å². The monoisotopic (exact) mass is 279 g/mol. The quantitative estimate of drug-likeness (QED) is 0.840. The minimum atomic E-state index is -0.206. The van der Waals surface area contributed by atoms with Crippen molar-refractivity contribution >= 4 is 23.0 Å². The highest BCUT2D eigenvalue weighted by molar-refractivity contribution is 7.80. The average molecular weight is 279 g/mol. The highest BCUT2D eigenvalue weighted by Crippen LogP contribution is 2.30. The van der Waals surface area contributed by atoms with E-state index in [1.54, 1.807) is 6.20 Å². The summed E-state index contributed by atoms with van der Waals surface area (Å²) in [7, 11) is 0. The summed E-state index contributed by atoms with van der Waals surface area (Å²) in [5.74, 6) is 0.898. The third-order valence-electron chi connectivity index (χ3n) is 3.05. The average Bonchev–Trinajstić information content (AvgIpc) is 2.25. The van der Waals surface area contributed by atoms with Gasteiger partial charge in [-0.2, -0.15) is 0 Å². The zero-order valence-corrected chi connectivity index (χ0v) is 12.8. The first-order valence-electron chi connectivity index (χ1n) is 6.40. The van der Waals surface area contributed by atoms with E-state index in [2.05, 4.69) is 37.6 Å². The van der Waals surface area contributed by atoms with Crippen molar-refractivity contribution < 1.29 is 4.74 Å². The number of anilines is 1. The summed E-state index contributed by atoms with van der Waals surface area (Å²) in [6.07, 6.45) is 1.75. The zero-order chi connectivity index (χ0) is 14.3. The van der Waals surface area contributed by atoms with Gasteiger partial charge >= 0.3 is 0 Å². The maximum Gasteiger partial charge on any atom is 0.129 e. The summed E-state index contributed by atoms with van der Waals surface area (Å²) in [6, 6.07) is 3.78. The van der Waals surface area contributed by atoms with Crippen molar-refractivity contribution in [3.05, 3.63) is 23.9 Å². The van der Waals surface area contributed by atoms with Gasteiger partial charge in [-0.3, -0.25) is 0 Å². The lowest BCUT2D eigenvalue weighted by Crippen LogP contribution is -2.57. The van der Waals surface area contributed by atoms with Gasteiger partial charge in [0.15, 0.2) is 0 Å². The molecule has 1 aliphatic rings. The molecule has 2 N–H and O–H groups in total. The molecule has 0 spiro atoms. The number of morpholine rings is 1. The number of rotatable bonds is 2. The number of thiocarbonyl (C=S) groups is 1. The number of nitrogens with zero attached hydrogens (tertiary/aromatic N) is 2. The molecule has 5 heteroatoms. The van der Waals surface area contributed by atoms with Crippen LogP contribution in [-0.2, 0) is 4.74 Å². The third kappa shape index (κ3) is 3.42. The van der Waals surface area contributed by atoms with Crippen LogP contribution in [0.2, 0.25) is 0 Å². The standard InChI is InChI=1S/C14H21N3OS/c1-13(2)8-17(9-14(3,4)18-13)11-7-10(12(15)19)5-6-16-11/h5-7H,8-9H2,1-4H3,(H2,15,19). The molecule has 2 heterocycles. The first-order valence-corrected chi connectivity index (χ1v) is 6.80. The Morgan fingerprint density at radius 3 is 2.42 bits per heavy atom. The number of hydrogen-bond donors (Lipinski definition) is 1. The van der Waals surface area contributed by atoms with E-state index >= 15 is 0 Å². The first-order chi connectivity index (χ1) is 8.69. The van der Waals surface area contributed by atoms with Crippen LogP contribution < -0.4 is 10.6 Å². The molecule has 104 valence electrons. The molecule has 0 atom stereocenters. The fraction of sp³-hybridized carbons (Fsp3) is 0.571. The summed E-state index contributed by atoms with van der Waals surface area (Å²) in [5.41, 5.74) is 6.12. The van der Waals surface area contributed by atoms with E-state index in [9.17, 15) is 0 Å². The summed E-state index contributed by atoms with van der Waals surface area (Å²) in [5, 5.41) is 0. The van der Waals surface area contributed by atoms with Gasteiger partial charge in [0.25, 0.3) is 0 Å². The molecule has 2 rings (SSSR count). The molecule has 1 aromatic heterocycles. The molecule has 0 amide bonds. The maximum absolute atomic E-state index is 6.07. The van der Waals surface area contributed by atoms with Gasteiger partial charge in [0.2, 0.25) is 0 Å². The van der Waals surface area contributed by atoms with Crippen LogP contribution in [0.1, 0.15) is 33.3 Å². The Labute approximate surface area is 120 Å². The van der Waals surface area contributed by atoms with E-state index < -0.39 is 0 Å². The largest absolute Gasteiger partial charge is 0.389 e. The fourth-order valence-corrected chi connectivity index (χ4v) is 2.82. The number of aromatic nitrogens is 1. The lowest BCUT2D eigenvalue weighted by molar-refractivity contribution is -0.133. The topological polar surface area (TPSA) is 51.4 Å². The number of nitrogens with two attached hydrogens (primary N) is 1. The van der Waals surface area contributed by atoms with Crippen molar-refractivity contribution in [2.75, 3.05) is 18.0 Å².